The van der Waals surface area contributed by atoms with Gasteiger partial charge in [0.25, 0.3) is 0 Å². The number of benzene rings is 1. The van der Waals surface area contributed by atoms with E-state index in [4.69, 9.17) is 15.8 Å². The van der Waals surface area contributed by atoms with E-state index in [0.717, 1.165) is 13.9 Å². The number of nitrogen functional groups attached to an aromatic ring is 1. The summed E-state index contributed by atoms with van der Waals surface area (Å²) in [6.07, 6.45) is 0. The molecule has 0 spiro atoms. The molecule has 0 saturated heterocycles. The molecule has 1 heterocycles. The molecule has 1 aromatic carbocycles. The lowest BCUT2D eigenvalue weighted by molar-refractivity contribution is 0.426. The first-order valence-corrected chi connectivity index (χ1v) is 5.54. The monoisotopic (exact) mass is 271 g/mol. The second-order valence-corrected chi connectivity index (χ2v) is 5.25. The fraction of sp³-hybridized carbons (Fsp3) is 0. The van der Waals surface area contributed by atoms with Crippen LogP contribution in [0.15, 0.2) is 22.0 Å². The normalized spacial score (nSPS) is 10.8. The minimum Gasteiger partial charge on any atom is -0.423 e. The number of thiophene rings is 1. The molecule has 0 saturated carbocycles. The van der Waals surface area contributed by atoms with Crippen LogP contribution in [-0.2, 0) is 0 Å². The Kier molecular flexibility index (Phi) is 2.53. The van der Waals surface area contributed by atoms with Crippen LogP contribution in [0.25, 0.3) is 10.1 Å². The van der Waals surface area contributed by atoms with Gasteiger partial charge in [0.2, 0.25) is 0 Å². The van der Waals surface area contributed by atoms with E-state index in [1.54, 1.807) is 12.1 Å². The van der Waals surface area contributed by atoms with Gasteiger partial charge in [-0.25, -0.2) is 0 Å². The number of hydrogen-bond donors (Lipinski definition) is 3. The number of rotatable bonds is 1. The lowest BCUT2D eigenvalue weighted by Crippen LogP contribution is -2.30. The summed E-state index contributed by atoms with van der Waals surface area (Å²) in [5.74, 6) is 0. The van der Waals surface area contributed by atoms with Crippen molar-refractivity contribution in [2.75, 3.05) is 5.73 Å². The van der Waals surface area contributed by atoms with Crippen LogP contribution in [0.2, 0.25) is 0 Å². The van der Waals surface area contributed by atoms with Crippen molar-refractivity contribution in [2.45, 2.75) is 0 Å². The maximum Gasteiger partial charge on any atom is 0.489 e. The third-order valence-electron chi connectivity index (χ3n) is 2.02. The van der Waals surface area contributed by atoms with Gasteiger partial charge in [0.1, 0.15) is 0 Å². The van der Waals surface area contributed by atoms with Crippen molar-refractivity contribution in [3.05, 3.63) is 22.0 Å². The molecule has 3 nitrogen and oxygen atoms in total. The third kappa shape index (κ3) is 1.44. The number of fused-ring (bicyclic) bond motifs is 1. The minimum absolute atomic E-state index is 0.446. The summed E-state index contributed by atoms with van der Waals surface area (Å²) < 4.78 is 1.76. The molecule has 0 unspecified atom stereocenters. The third-order valence-corrected chi connectivity index (χ3v) is 3.89. The van der Waals surface area contributed by atoms with Crippen molar-refractivity contribution in [3.63, 3.8) is 0 Å². The van der Waals surface area contributed by atoms with E-state index in [9.17, 15) is 0 Å². The number of halogens is 1. The van der Waals surface area contributed by atoms with Crippen LogP contribution in [0, 0.1) is 0 Å². The Morgan fingerprint density at radius 2 is 2.07 bits per heavy atom. The first-order chi connectivity index (χ1) is 6.61. The molecule has 14 heavy (non-hydrogen) atoms. The molecule has 0 amide bonds. The molecule has 0 fully saturated rings. The second kappa shape index (κ2) is 3.54. The van der Waals surface area contributed by atoms with Gasteiger partial charge in [0.05, 0.1) is 9.47 Å². The minimum atomic E-state index is -1.48. The van der Waals surface area contributed by atoms with E-state index in [1.807, 2.05) is 6.07 Å². The van der Waals surface area contributed by atoms with Gasteiger partial charge in [0.15, 0.2) is 0 Å². The SMILES string of the molecule is Nc1c(Br)sc2cccc(B(O)O)c12. The predicted molar refractivity (Wildman–Crippen MR) is 63.8 cm³/mol. The van der Waals surface area contributed by atoms with Crippen molar-refractivity contribution in [2.24, 2.45) is 0 Å². The molecule has 0 bridgehead atoms. The first-order valence-electron chi connectivity index (χ1n) is 3.93. The fourth-order valence-corrected chi connectivity index (χ4v) is 2.99. The van der Waals surface area contributed by atoms with Gasteiger partial charge >= 0.3 is 7.12 Å². The average Bonchev–Trinajstić information content (AvgIpc) is 2.43. The van der Waals surface area contributed by atoms with Crippen LogP contribution in [0.4, 0.5) is 5.69 Å². The smallest absolute Gasteiger partial charge is 0.423 e. The van der Waals surface area contributed by atoms with E-state index in [0.29, 0.717) is 11.2 Å². The maximum absolute atomic E-state index is 9.14. The molecule has 0 radical (unpaired) electrons. The zero-order chi connectivity index (χ0) is 10.3. The summed E-state index contributed by atoms with van der Waals surface area (Å²) in [7, 11) is -1.48. The molecule has 4 N–H and O–H groups in total. The summed E-state index contributed by atoms with van der Waals surface area (Å²) in [5, 5.41) is 19.0. The summed E-state index contributed by atoms with van der Waals surface area (Å²) in [6, 6.07) is 5.33. The fourth-order valence-electron chi connectivity index (χ4n) is 1.39. The molecule has 0 aliphatic heterocycles. The van der Waals surface area contributed by atoms with Gasteiger partial charge in [-0.3, -0.25) is 0 Å². The number of hydrogen-bond acceptors (Lipinski definition) is 4. The topological polar surface area (TPSA) is 66.5 Å². The Labute approximate surface area is 93.4 Å². The molecule has 72 valence electrons. The highest BCUT2D eigenvalue weighted by molar-refractivity contribution is 9.11. The zero-order valence-electron chi connectivity index (χ0n) is 7.07. The van der Waals surface area contributed by atoms with Crippen LogP contribution >= 0.6 is 27.3 Å². The second-order valence-electron chi connectivity index (χ2n) is 2.88. The van der Waals surface area contributed by atoms with Crippen molar-refractivity contribution >= 4 is 55.6 Å². The van der Waals surface area contributed by atoms with Crippen LogP contribution in [0.5, 0.6) is 0 Å². The summed E-state index contributed by atoms with van der Waals surface area (Å²) in [4.78, 5) is 0. The average molecular weight is 272 g/mol. The molecule has 1 aromatic heterocycles. The van der Waals surface area contributed by atoms with E-state index in [2.05, 4.69) is 15.9 Å². The molecule has 0 atom stereocenters. The van der Waals surface area contributed by atoms with Crippen LogP contribution in [-0.4, -0.2) is 17.2 Å². The highest BCUT2D eigenvalue weighted by Gasteiger charge is 2.18. The van der Waals surface area contributed by atoms with Crippen LogP contribution in [0.3, 0.4) is 0 Å². The Bertz CT molecular complexity index is 485. The van der Waals surface area contributed by atoms with Gasteiger partial charge in [-0.05, 0) is 27.5 Å². The summed E-state index contributed by atoms with van der Waals surface area (Å²) >= 11 is 4.80. The highest BCUT2D eigenvalue weighted by atomic mass is 79.9. The number of nitrogens with two attached hydrogens (primary N) is 1. The van der Waals surface area contributed by atoms with E-state index >= 15 is 0 Å². The quantitative estimate of drug-likeness (QED) is 0.676. The maximum atomic E-state index is 9.14. The van der Waals surface area contributed by atoms with E-state index in [1.165, 1.54) is 11.3 Å². The molecule has 2 rings (SSSR count). The standard InChI is InChI=1S/C8H7BBrNO2S/c10-8-7(11)6-4(9(12)13)2-1-3-5(6)14-8/h1-3,12-13H,11H2. The molecule has 2 aromatic rings. The Balaban J connectivity index is 2.84. The van der Waals surface area contributed by atoms with Crippen LogP contribution in [0.1, 0.15) is 0 Å². The van der Waals surface area contributed by atoms with Crippen LogP contribution < -0.4 is 11.2 Å². The van der Waals surface area contributed by atoms with E-state index < -0.39 is 7.12 Å². The molecular formula is C8H7BBrNO2S. The van der Waals surface area contributed by atoms with Gasteiger partial charge < -0.3 is 15.8 Å². The van der Waals surface area contributed by atoms with Gasteiger partial charge in [0, 0.05) is 10.1 Å². The van der Waals surface area contributed by atoms with Gasteiger partial charge in [-0.15, -0.1) is 11.3 Å². The van der Waals surface area contributed by atoms with E-state index in [-0.39, 0.29) is 0 Å². The summed E-state index contributed by atoms with van der Waals surface area (Å²) in [5.41, 5.74) is 6.83. The molecule has 0 aliphatic carbocycles. The molecule has 0 aliphatic rings. The zero-order valence-corrected chi connectivity index (χ0v) is 9.47. The number of anilines is 1. The van der Waals surface area contributed by atoms with Crippen molar-refractivity contribution in [1.82, 2.24) is 0 Å². The van der Waals surface area contributed by atoms with Crippen molar-refractivity contribution < 1.29 is 10.0 Å². The summed E-state index contributed by atoms with van der Waals surface area (Å²) in [6.45, 7) is 0. The Morgan fingerprint density at radius 3 is 2.71 bits per heavy atom. The lowest BCUT2D eigenvalue weighted by Gasteiger charge is -2.01. The Hall–Kier alpha value is -0.555. The largest absolute Gasteiger partial charge is 0.489 e. The highest BCUT2D eigenvalue weighted by Crippen LogP contribution is 2.36. The first kappa shape index (κ1) is 9.98. The van der Waals surface area contributed by atoms with Crippen molar-refractivity contribution in [1.29, 1.82) is 0 Å². The van der Waals surface area contributed by atoms with Gasteiger partial charge in [-0.2, -0.15) is 0 Å². The van der Waals surface area contributed by atoms with Crippen molar-refractivity contribution in [3.8, 4) is 0 Å². The van der Waals surface area contributed by atoms with Gasteiger partial charge in [-0.1, -0.05) is 12.1 Å². The molecule has 6 heteroatoms. The lowest BCUT2D eigenvalue weighted by atomic mass is 9.78. The predicted octanol–water partition coefficient (Wildman–Crippen LogP) is 0.926. The molecular weight excluding hydrogens is 265 g/mol. The Morgan fingerprint density at radius 1 is 1.36 bits per heavy atom.